The Balaban J connectivity index is 2.65. The highest BCUT2D eigenvalue weighted by atomic mass is 19.2. The number of carbonyl (C=O) groups is 1. The van der Waals surface area contributed by atoms with E-state index in [0.717, 1.165) is 12.1 Å². The molecule has 0 aliphatic carbocycles. The number of rotatable bonds is 2. The second-order valence-electron chi connectivity index (χ2n) is 3.04. The van der Waals surface area contributed by atoms with E-state index in [4.69, 9.17) is 4.42 Å². The smallest absolute Gasteiger partial charge is 0.195 e. The molecule has 0 aliphatic heterocycles. The summed E-state index contributed by atoms with van der Waals surface area (Å²) in [7, 11) is 0. The Morgan fingerprint density at radius 1 is 1.00 bits per heavy atom. The van der Waals surface area contributed by atoms with Gasteiger partial charge in [0.2, 0.25) is 0 Å². The molecule has 2 aromatic rings. The van der Waals surface area contributed by atoms with Gasteiger partial charge in [-0.2, -0.15) is 0 Å². The van der Waals surface area contributed by atoms with Crippen molar-refractivity contribution in [3.8, 4) is 11.1 Å². The maximum atomic E-state index is 13.4. The lowest BCUT2D eigenvalue weighted by Gasteiger charge is -2.02. The molecule has 1 aromatic carbocycles. The Labute approximate surface area is 88.3 Å². The van der Waals surface area contributed by atoms with Crippen LogP contribution in [-0.2, 0) is 0 Å². The third-order valence-electron chi connectivity index (χ3n) is 2.13. The minimum Gasteiger partial charge on any atom is -0.461 e. The lowest BCUT2D eigenvalue weighted by Crippen LogP contribution is -1.94. The number of halogens is 3. The van der Waals surface area contributed by atoms with Crippen molar-refractivity contribution in [3.63, 3.8) is 0 Å². The fourth-order valence-corrected chi connectivity index (χ4v) is 1.37. The molecule has 0 saturated carbocycles. The van der Waals surface area contributed by atoms with Crippen molar-refractivity contribution in [1.29, 1.82) is 0 Å². The fraction of sp³-hybridized carbons (Fsp3) is 0. The van der Waals surface area contributed by atoms with Gasteiger partial charge in [0.25, 0.3) is 0 Å². The highest BCUT2D eigenvalue weighted by Gasteiger charge is 2.18. The van der Waals surface area contributed by atoms with Crippen molar-refractivity contribution in [2.75, 3.05) is 0 Å². The third kappa shape index (κ3) is 1.50. The molecule has 0 amide bonds. The minimum atomic E-state index is -1.57. The van der Waals surface area contributed by atoms with Crippen molar-refractivity contribution < 1.29 is 22.4 Å². The maximum Gasteiger partial charge on any atom is 0.195 e. The Bertz CT molecular complexity index is 546. The van der Waals surface area contributed by atoms with Gasteiger partial charge in [0, 0.05) is 11.1 Å². The molecule has 0 bridgehead atoms. The van der Waals surface area contributed by atoms with Gasteiger partial charge >= 0.3 is 0 Å². The molecule has 0 radical (unpaired) electrons. The van der Waals surface area contributed by atoms with Gasteiger partial charge in [-0.1, -0.05) is 0 Å². The van der Waals surface area contributed by atoms with Crippen LogP contribution in [-0.4, -0.2) is 6.29 Å². The zero-order chi connectivity index (χ0) is 11.7. The Hall–Kier alpha value is -2.04. The van der Waals surface area contributed by atoms with Crippen molar-refractivity contribution in [2.45, 2.75) is 0 Å². The van der Waals surface area contributed by atoms with Crippen molar-refractivity contribution in [2.24, 2.45) is 0 Å². The van der Waals surface area contributed by atoms with Gasteiger partial charge in [0.15, 0.2) is 29.5 Å². The Kier molecular flexibility index (Phi) is 2.52. The number of benzene rings is 1. The van der Waals surface area contributed by atoms with Crippen LogP contribution in [0.2, 0.25) is 0 Å². The van der Waals surface area contributed by atoms with Crippen LogP contribution in [0.25, 0.3) is 11.1 Å². The number of aldehydes is 1. The predicted molar refractivity (Wildman–Crippen MR) is 49.4 cm³/mol. The molecule has 2 rings (SSSR count). The summed E-state index contributed by atoms with van der Waals surface area (Å²) < 4.78 is 43.7. The standard InChI is InChI=1S/C11H5F3O2/c12-8-2-1-7(10(13)11(8)14)6-3-4-16-9(6)5-15/h1-5H. The Morgan fingerprint density at radius 2 is 1.75 bits per heavy atom. The number of furan rings is 1. The van der Waals surface area contributed by atoms with Crippen LogP contribution < -0.4 is 0 Å². The molecular formula is C11H5F3O2. The number of hydrogen-bond acceptors (Lipinski definition) is 2. The van der Waals surface area contributed by atoms with E-state index in [1.54, 1.807) is 0 Å². The molecule has 0 spiro atoms. The molecule has 82 valence electrons. The van der Waals surface area contributed by atoms with E-state index in [1.807, 2.05) is 0 Å². The molecule has 1 heterocycles. The van der Waals surface area contributed by atoms with Crippen LogP contribution in [0.4, 0.5) is 13.2 Å². The zero-order valence-corrected chi connectivity index (χ0v) is 7.84. The zero-order valence-electron chi connectivity index (χ0n) is 7.84. The molecule has 1 aromatic heterocycles. The molecule has 0 saturated heterocycles. The van der Waals surface area contributed by atoms with Gasteiger partial charge in [-0.05, 0) is 18.2 Å². The van der Waals surface area contributed by atoms with Gasteiger partial charge in [0.05, 0.1) is 6.26 Å². The summed E-state index contributed by atoms with van der Waals surface area (Å²) in [6, 6.07) is 3.14. The first-order valence-corrected chi connectivity index (χ1v) is 4.31. The average molecular weight is 226 g/mol. The second kappa shape index (κ2) is 3.84. The van der Waals surface area contributed by atoms with E-state index in [1.165, 1.54) is 12.3 Å². The van der Waals surface area contributed by atoms with E-state index in [0.29, 0.717) is 6.29 Å². The molecule has 0 fully saturated rings. The molecule has 0 N–H and O–H groups in total. The molecule has 5 heteroatoms. The van der Waals surface area contributed by atoms with Crippen LogP contribution in [0.1, 0.15) is 10.6 Å². The molecule has 16 heavy (non-hydrogen) atoms. The average Bonchev–Trinajstić information content (AvgIpc) is 2.74. The van der Waals surface area contributed by atoms with Gasteiger partial charge in [-0.3, -0.25) is 4.79 Å². The van der Waals surface area contributed by atoms with E-state index in [9.17, 15) is 18.0 Å². The summed E-state index contributed by atoms with van der Waals surface area (Å²) in [6.45, 7) is 0. The van der Waals surface area contributed by atoms with Crippen LogP contribution in [0.3, 0.4) is 0 Å². The summed E-state index contributed by atoms with van der Waals surface area (Å²) in [5.74, 6) is -4.33. The maximum absolute atomic E-state index is 13.4. The summed E-state index contributed by atoms with van der Waals surface area (Å²) in [6.07, 6.45) is 1.54. The fourth-order valence-electron chi connectivity index (χ4n) is 1.37. The number of hydrogen-bond donors (Lipinski definition) is 0. The van der Waals surface area contributed by atoms with E-state index in [-0.39, 0.29) is 16.9 Å². The molecule has 2 nitrogen and oxygen atoms in total. The molecule has 0 atom stereocenters. The summed E-state index contributed by atoms with van der Waals surface area (Å²) >= 11 is 0. The first-order chi connectivity index (χ1) is 7.65. The quantitative estimate of drug-likeness (QED) is 0.581. The predicted octanol–water partition coefficient (Wildman–Crippen LogP) is 3.18. The van der Waals surface area contributed by atoms with Crippen molar-refractivity contribution in [3.05, 3.63) is 47.7 Å². The Morgan fingerprint density at radius 3 is 2.44 bits per heavy atom. The lowest BCUT2D eigenvalue weighted by atomic mass is 10.1. The lowest BCUT2D eigenvalue weighted by molar-refractivity contribution is 0.110. The monoisotopic (exact) mass is 226 g/mol. The van der Waals surface area contributed by atoms with Gasteiger partial charge in [0.1, 0.15) is 0 Å². The first-order valence-electron chi connectivity index (χ1n) is 4.31. The summed E-state index contributed by atoms with van der Waals surface area (Å²) in [5, 5.41) is 0. The molecule has 0 unspecified atom stereocenters. The van der Waals surface area contributed by atoms with E-state index >= 15 is 0 Å². The van der Waals surface area contributed by atoms with E-state index < -0.39 is 17.5 Å². The molecule has 0 aliphatic rings. The topological polar surface area (TPSA) is 30.2 Å². The molecular weight excluding hydrogens is 221 g/mol. The highest BCUT2D eigenvalue weighted by Crippen LogP contribution is 2.28. The minimum absolute atomic E-state index is 0.0893. The summed E-state index contributed by atoms with van der Waals surface area (Å²) in [4.78, 5) is 10.5. The second-order valence-corrected chi connectivity index (χ2v) is 3.04. The highest BCUT2D eigenvalue weighted by molar-refractivity contribution is 5.84. The van der Waals surface area contributed by atoms with Gasteiger partial charge in [-0.15, -0.1) is 0 Å². The third-order valence-corrected chi connectivity index (χ3v) is 2.13. The SMILES string of the molecule is O=Cc1occc1-c1ccc(F)c(F)c1F. The van der Waals surface area contributed by atoms with E-state index in [2.05, 4.69) is 0 Å². The van der Waals surface area contributed by atoms with Crippen LogP contribution in [0.15, 0.2) is 28.9 Å². The first kappa shape index (κ1) is 10.5. The largest absolute Gasteiger partial charge is 0.461 e. The summed E-state index contributed by atoms with van der Waals surface area (Å²) in [5.41, 5.74) is -0.124. The van der Waals surface area contributed by atoms with Gasteiger partial charge in [-0.25, -0.2) is 13.2 Å². The van der Waals surface area contributed by atoms with Crippen molar-refractivity contribution in [1.82, 2.24) is 0 Å². The van der Waals surface area contributed by atoms with Crippen LogP contribution in [0, 0.1) is 17.5 Å². The van der Waals surface area contributed by atoms with Crippen LogP contribution in [0.5, 0.6) is 0 Å². The van der Waals surface area contributed by atoms with Gasteiger partial charge < -0.3 is 4.42 Å². The normalized spacial score (nSPS) is 10.4. The van der Waals surface area contributed by atoms with Crippen LogP contribution >= 0.6 is 0 Å². The number of carbonyl (C=O) groups excluding carboxylic acids is 1. The van der Waals surface area contributed by atoms with Crippen molar-refractivity contribution >= 4 is 6.29 Å².